The molecule has 0 radical (unpaired) electrons. The van der Waals surface area contributed by atoms with Gasteiger partial charge in [0.05, 0.1) is 16.9 Å². The van der Waals surface area contributed by atoms with Gasteiger partial charge >= 0.3 is 5.76 Å². The maximum Gasteiger partial charge on any atom is 0.420 e. The van der Waals surface area contributed by atoms with Crippen LogP contribution < -0.4 is 11.1 Å². The molecule has 5 rings (SSSR count). The molecule has 2 heterocycles. The molecule has 0 aliphatic rings. The van der Waals surface area contributed by atoms with Gasteiger partial charge in [0.15, 0.2) is 5.58 Å². The van der Waals surface area contributed by atoms with Crippen LogP contribution >= 0.6 is 0 Å². The zero-order valence-corrected chi connectivity index (χ0v) is 18.3. The number of amides is 1. The van der Waals surface area contributed by atoms with E-state index in [9.17, 15) is 14.0 Å². The van der Waals surface area contributed by atoms with E-state index in [1.165, 1.54) is 16.7 Å². The zero-order chi connectivity index (χ0) is 23.7. The van der Waals surface area contributed by atoms with Crippen LogP contribution in [0.1, 0.15) is 18.5 Å². The third-order valence-corrected chi connectivity index (χ3v) is 5.67. The van der Waals surface area contributed by atoms with Crippen LogP contribution in [0.3, 0.4) is 0 Å². The van der Waals surface area contributed by atoms with Gasteiger partial charge in [-0.1, -0.05) is 30.3 Å². The summed E-state index contributed by atoms with van der Waals surface area (Å²) in [4.78, 5) is 25.3. The Bertz CT molecular complexity index is 1520. The number of benzene rings is 3. The van der Waals surface area contributed by atoms with Gasteiger partial charge in [-0.2, -0.15) is 5.10 Å². The van der Waals surface area contributed by atoms with Gasteiger partial charge in [-0.3, -0.25) is 9.36 Å². The van der Waals surface area contributed by atoms with Crippen LogP contribution in [0.2, 0.25) is 0 Å². The van der Waals surface area contributed by atoms with Gasteiger partial charge in [0.1, 0.15) is 11.9 Å². The van der Waals surface area contributed by atoms with E-state index in [0.717, 1.165) is 16.8 Å². The average molecular weight is 456 g/mol. The van der Waals surface area contributed by atoms with E-state index < -0.39 is 11.8 Å². The van der Waals surface area contributed by atoms with Crippen LogP contribution in [-0.4, -0.2) is 20.3 Å². The van der Waals surface area contributed by atoms with Gasteiger partial charge in [-0.15, -0.1) is 0 Å². The Morgan fingerprint density at radius 3 is 2.50 bits per heavy atom. The molecule has 0 aliphatic carbocycles. The highest BCUT2D eigenvalue weighted by Gasteiger charge is 2.22. The molecular formula is C26H21FN4O3. The van der Waals surface area contributed by atoms with Crippen molar-refractivity contribution in [3.8, 4) is 16.9 Å². The smallest absolute Gasteiger partial charge is 0.408 e. The highest BCUT2D eigenvalue weighted by molar-refractivity contribution is 5.83. The summed E-state index contributed by atoms with van der Waals surface area (Å²) in [5.74, 6) is -1.27. The molecular weight excluding hydrogens is 435 g/mol. The summed E-state index contributed by atoms with van der Waals surface area (Å²) in [5.41, 5.74) is 3.94. The van der Waals surface area contributed by atoms with Gasteiger partial charge in [-0.25, -0.2) is 13.9 Å². The molecule has 0 saturated carbocycles. The van der Waals surface area contributed by atoms with Gasteiger partial charge < -0.3 is 9.73 Å². The number of oxazole rings is 1. The van der Waals surface area contributed by atoms with E-state index in [1.807, 2.05) is 36.5 Å². The molecule has 0 spiro atoms. The summed E-state index contributed by atoms with van der Waals surface area (Å²) in [6, 6.07) is 21.8. The fourth-order valence-electron chi connectivity index (χ4n) is 3.90. The number of para-hydroxylation sites is 3. The molecule has 0 bridgehead atoms. The first-order valence-electron chi connectivity index (χ1n) is 10.8. The Morgan fingerprint density at radius 2 is 1.74 bits per heavy atom. The number of carbonyl (C=O) groups is 1. The van der Waals surface area contributed by atoms with E-state index >= 15 is 0 Å². The summed E-state index contributed by atoms with van der Waals surface area (Å²) < 4.78 is 21.8. The number of hydrogen-bond donors (Lipinski definition) is 1. The number of halogens is 1. The second-order valence-electron chi connectivity index (χ2n) is 7.89. The zero-order valence-electron chi connectivity index (χ0n) is 18.3. The highest BCUT2D eigenvalue weighted by Crippen LogP contribution is 2.24. The minimum atomic E-state index is -0.783. The summed E-state index contributed by atoms with van der Waals surface area (Å²) >= 11 is 0. The second kappa shape index (κ2) is 8.82. The summed E-state index contributed by atoms with van der Waals surface area (Å²) in [6.07, 6.45) is 1.83. The predicted octanol–water partition coefficient (Wildman–Crippen LogP) is 4.46. The number of aromatic nitrogens is 3. The quantitative estimate of drug-likeness (QED) is 0.409. The highest BCUT2D eigenvalue weighted by atomic mass is 19.1. The van der Waals surface area contributed by atoms with Crippen molar-refractivity contribution in [2.45, 2.75) is 19.5 Å². The second-order valence-corrected chi connectivity index (χ2v) is 7.89. The number of hydrogen-bond acceptors (Lipinski definition) is 4. The number of rotatable bonds is 6. The van der Waals surface area contributed by atoms with Gasteiger partial charge in [0, 0.05) is 23.9 Å². The van der Waals surface area contributed by atoms with E-state index in [4.69, 9.17) is 4.42 Å². The van der Waals surface area contributed by atoms with Crippen LogP contribution in [0.4, 0.5) is 4.39 Å². The van der Waals surface area contributed by atoms with Crippen molar-refractivity contribution in [1.29, 1.82) is 0 Å². The van der Waals surface area contributed by atoms with Crippen LogP contribution in [0.25, 0.3) is 28.0 Å². The largest absolute Gasteiger partial charge is 0.420 e. The van der Waals surface area contributed by atoms with Crippen molar-refractivity contribution < 1.29 is 13.6 Å². The Labute approximate surface area is 194 Å². The molecule has 1 atom stereocenters. The van der Waals surface area contributed by atoms with Crippen LogP contribution in [-0.2, 0) is 11.3 Å². The van der Waals surface area contributed by atoms with Crippen molar-refractivity contribution >= 4 is 17.0 Å². The lowest BCUT2D eigenvalue weighted by atomic mass is 10.1. The molecule has 34 heavy (non-hydrogen) atoms. The fraction of sp³-hybridized carbons (Fsp3) is 0.115. The molecule has 2 aromatic heterocycles. The Balaban J connectivity index is 1.43. The van der Waals surface area contributed by atoms with Crippen molar-refractivity contribution in [2.75, 3.05) is 0 Å². The molecule has 8 heteroatoms. The predicted molar refractivity (Wildman–Crippen MR) is 126 cm³/mol. The third-order valence-electron chi connectivity index (χ3n) is 5.67. The monoisotopic (exact) mass is 456 g/mol. The number of carbonyl (C=O) groups excluding carboxylic acids is 1. The maximum atomic E-state index is 13.5. The average Bonchev–Trinajstić information content (AvgIpc) is 3.43. The van der Waals surface area contributed by atoms with Crippen LogP contribution in [0, 0.1) is 5.82 Å². The summed E-state index contributed by atoms with van der Waals surface area (Å²) in [5, 5.41) is 7.58. The Kier molecular flexibility index (Phi) is 5.55. The Morgan fingerprint density at radius 1 is 1.03 bits per heavy atom. The lowest BCUT2D eigenvalue weighted by Gasteiger charge is -2.13. The van der Waals surface area contributed by atoms with E-state index in [2.05, 4.69) is 10.4 Å². The molecule has 0 fully saturated rings. The standard InChI is InChI=1S/C26H21FN4O3/c1-17(31-22-9-5-6-10-23(22)34-26(31)33)25(32)28-15-19-16-30(21-7-3-2-4-8-21)29-24(19)18-11-13-20(27)14-12-18/h2-14,16-17H,15H2,1H3,(H,28,32)/t17-/m1/s1. The normalized spacial score (nSPS) is 12.1. The SMILES string of the molecule is C[C@H](C(=O)NCc1cn(-c2ccccc2)nc1-c1ccc(F)cc1)n1c(=O)oc2ccccc21. The molecule has 0 aliphatic heterocycles. The Hall–Kier alpha value is -4.46. The maximum absolute atomic E-state index is 13.5. The van der Waals surface area contributed by atoms with E-state index in [0.29, 0.717) is 16.8 Å². The lowest BCUT2D eigenvalue weighted by Crippen LogP contribution is -2.34. The molecule has 0 saturated heterocycles. The minimum Gasteiger partial charge on any atom is -0.408 e. The van der Waals surface area contributed by atoms with Crippen molar-refractivity contribution in [1.82, 2.24) is 19.7 Å². The summed E-state index contributed by atoms with van der Waals surface area (Å²) in [7, 11) is 0. The number of nitrogens with one attached hydrogen (secondary N) is 1. The van der Waals surface area contributed by atoms with Gasteiger partial charge in [0.25, 0.3) is 0 Å². The molecule has 5 aromatic rings. The van der Waals surface area contributed by atoms with Crippen LogP contribution in [0.5, 0.6) is 0 Å². The first-order chi connectivity index (χ1) is 16.5. The molecule has 1 N–H and O–H groups in total. The fourth-order valence-corrected chi connectivity index (χ4v) is 3.90. The van der Waals surface area contributed by atoms with Gasteiger partial charge in [0.2, 0.25) is 5.91 Å². The van der Waals surface area contributed by atoms with E-state index in [1.54, 1.807) is 48.0 Å². The molecule has 7 nitrogen and oxygen atoms in total. The molecule has 3 aromatic carbocycles. The topological polar surface area (TPSA) is 82.1 Å². The minimum absolute atomic E-state index is 0.174. The van der Waals surface area contributed by atoms with Crippen molar-refractivity contribution in [3.05, 3.63) is 107 Å². The summed E-state index contributed by atoms with van der Waals surface area (Å²) in [6.45, 7) is 1.82. The van der Waals surface area contributed by atoms with Crippen molar-refractivity contribution in [3.63, 3.8) is 0 Å². The van der Waals surface area contributed by atoms with Crippen LogP contribution in [0.15, 0.2) is 94.3 Å². The molecule has 170 valence electrons. The number of nitrogens with zero attached hydrogens (tertiary/aromatic N) is 3. The lowest BCUT2D eigenvalue weighted by molar-refractivity contribution is -0.124. The first kappa shape index (κ1) is 21.4. The first-order valence-corrected chi connectivity index (χ1v) is 10.8. The third kappa shape index (κ3) is 4.01. The number of fused-ring (bicyclic) bond motifs is 1. The van der Waals surface area contributed by atoms with Crippen molar-refractivity contribution in [2.24, 2.45) is 0 Å². The van der Waals surface area contributed by atoms with Gasteiger partial charge in [-0.05, 0) is 55.5 Å². The molecule has 1 amide bonds. The molecule has 0 unspecified atom stereocenters. The van der Waals surface area contributed by atoms with E-state index in [-0.39, 0.29) is 18.3 Å².